The van der Waals surface area contributed by atoms with E-state index >= 15 is 0 Å². The molecule has 486 valence electrons. The number of hydrogen-bond acceptors (Lipinski definition) is 5. The van der Waals surface area contributed by atoms with E-state index in [1.807, 2.05) is 6.08 Å². The Balaban J connectivity index is 3.33. The Morgan fingerprint density at radius 3 is 0.902 bits per heavy atom. The van der Waals surface area contributed by atoms with Gasteiger partial charge in [-0.2, -0.15) is 0 Å². The van der Waals surface area contributed by atoms with Crippen molar-refractivity contribution in [3.63, 3.8) is 0 Å². The topological polar surface area (TPSA) is 95.9 Å². The third-order valence-electron chi connectivity index (χ3n) is 17.7. The maximum absolute atomic E-state index is 12.5. The summed E-state index contributed by atoms with van der Waals surface area (Å²) in [5, 5.41) is 23.3. The maximum Gasteiger partial charge on any atom is 0.305 e. The minimum Gasteiger partial charge on any atom is -0.466 e. The summed E-state index contributed by atoms with van der Waals surface area (Å²) in [5.41, 5.74) is 0. The molecular weight excluding hydrogens is 1010 g/mol. The van der Waals surface area contributed by atoms with Crippen molar-refractivity contribution < 1.29 is 24.5 Å². The van der Waals surface area contributed by atoms with Crippen LogP contribution in [0.5, 0.6) is 0 Å². The highest BCUT2D eigenvalue weighted by molar-refractivity contribution is 5.76. The number of hydrogen-bond donors (Lipinski definition) is 3. The van der Waals surface area contributed by atoms with Crippen LogP contribution in [0.4, 0.5) is 0 Å². The molecule has 0 spiro atoms. The zero-order valence-electron chi connectivity index (χ0n) is 55.8. The summed E-state index contributed by atoms with van der Waals surface area (Å²) in [6.07, 6.45) is 91.5. The molecule has 0 aromatic carbocycles. The number of carbonyl (C=O) groups excluding carboxylic acids is 2. The monoisotopic (exact) mass is 1150 g/mol. The molecule has 82 heavy (non-hydrogen) atoms. The molecule has 0 heterocycles. The van der Waals surface area contributed by atoms with E-state index in [1.165, 1.54) is 353 Å². The van der Waals surface area contributed by atoms with Crippen LogP contribution in [0.25, 0.3) is 0 Å². The highest BCUT2D eigenvalue weighted by atomic mass is 16.5. The zero-order chi connectivity index (χ0) is 59.2. The Morgan fingerprint density at radius 1 is 0.329 bits per heavy atom. The zero-order valence-corrected chi connectivity index (χ0v) is 55.8. The quantitative estimate of drug-likeness (QED) is 0.0320. The van der Waals surface area contributed by atoms with Crippen molar-refractivity contribution in [2.45, 2.75) is 437 Å². The molecule has 0 bridgehead atoms. The normalized spacial score (nSPS) is 12.6. The van der Waals surface area contributed by atoms with Crippen LogP contribution < -0.4 is 5.32 Å². The minimum absolute atomic E-state index is 0.0118. The highest BCUT2D eigenvalue weighted by Crippen LogP contribution is 2.20. The largest absolute Gasteiger partial charge is 0.466 e. The van der Waals surface area contributed by atoms with E-state index in [0.29, 0.717) is 19.4 Å². The summed E-state index contributed by atoms with van der Waals surface area (Å²) >= 11 is 0. The molecule has 2 unspecified atom stereocenters. The second-order valence-electron chi connectivity index (χ2n) is 26.0. The minimum atomic E-state index is -0.841. The van der Waals surface area contributed by atoms with Gasteiger partial charge in [-0.1, -0.05) is 385 Å². The Morgan fingerprint density at radius 2 is 0.585 bits per heavy atom. The smallest absolute Gasteiger partial charge is 0.305 e. The van der Waals surface area contributed by atoms with Gasteiger partial charge in [0.05, 0.1) is 25.4 Å². The van der Waals surface area contributed by atoms with Gasteiger partial charge in [0, 0.05) is 12.8 Å². The van der Waals surface area contributed by atoms with Gasteiger partial charge < -0.3 is 20.3 Å². The van der Waals surface area contributed by atoms with Gasteiger partial charge in [0.25, 0.3) is 0 Å². The molecule has 1 amide bonds. The summed E-state index contributed by atoms with van der Waals surface area (Å²) < 4.78 is 5.47. The Labute approximate surface area is 513 Å². The van der Waals surface area contributed by atoms with Gasteiger partial charge in [-0.15, -0.1) is 0 Å². The summed E-state index contributed by atoms with van der Waals surface area (Å²) in [6, 6.07) is -0.624. The van der Waals surface area contributed by atoms with Gasteiger partial charge in [0.1, 0.15) is 0 Å². The lowest BCUT2D eigenvalue weighted by Gasteiger charge is -2.20. The van der Waals surface area contributed by atoms with Crippen LogP contribution in [0, 0.1) is 0 Å². The SMILES string of the molecule is CCCC/C=C\CCCCCCCC(=O)OCCCCCCCCCCCCCCCCCCCCCCCCCCCCCCCCCCCCCC(=O)NC(CO)C(O)/C=C/CCCCCCCCCCCCCCCCCCC. The fourth-order valence-electron chi connectivity index (χ4n) is 12.0. The van der Waals surface area contributed by atoms with Crippen molar-refractivity contribution in [3.05, 3.63) is 24.3 Å². The van der Waals surface area contributed by atoms with Gasteiger partial charge in [-0.05, 0) is 51.4 Å². The van der Waals surface area contributed by atoms with E-state index in [0.717, 1.165) is 44.9 Å². The Kier molecular flexibility index (Phi) is 70.4. The van der Waals surface area contributed by atoms with Gasteiger partial charge in [0.15, 0.2) is 0 Å². The number of aliphatic hydroxyl groups excluding tert-OH is 2. The van der Waals surface area contributed by atoms with E-state index < -0.39 is 12.1 Å². The summed E-state index contributed by atoms with van der Waals surface area (Å²) in [6.45, 7) is 4.91. The van der Waals surface area contributed by atoms with Crippen molar-refractivity contribution in [1.29, 1.82) is 0 Å². The molecule has 0 rings (SSSR count). The molecule has 2 atom stereocenters. The fraction of sp³-hybridized carbons (Fsp3) is 0.921. The summed E-state index contributed by atoms with van der Waals surface area (Å²) in [7, 11) is 0. The van der Waals surface area contributed by atoms with Gasteiger partial charge in [0.2, 0.25) is 5.91 Å². The van der Waals surface area contributed by atoms with Gasteiger partial charge >= 0.3 is 5.97 Å². The van der Waals surface area contributed by atoms with Crippen LogP contribution in [0.15, 0.2) is 24.3 Å². The molecule has 0 aliphatic rings. The van der Waals surface area contributed by atoms with Crippen LogP contribution in [0.2, 0.25) is 0 Å². The average Bonchev–Trinajstić information content (AvgIpc) is 3.48. The van der Waals surface area contributed by atoms with Crippen molar-refractivity contribution in [2.75, 3.05) is 13.2 Å². The molecule has 6 nitrogen and oxygen atoms in total. The standard InChI is InChI=1S/C76H147NO5/c1-3-5-7-9-11-13-15-16-17-18-36-39-42-45-49-52-56-60-64-68-74(79)73(72-78)77-75(80)69-65-61-57-53-50-46-43-40-37-34-32-30-28-26-24-22-20-19-21-23-25-27-29-31-33-35-38-41-44-47-51-55-59-63-67-71-82-76(81)70-66-62-58-54-48-14-12-10-8-6-4-2/h10,12,64,68,73-74,78-79H,3-9,11,13-63,65-67,69-72H2,1-2H3,(H,77,80)/b12-10-,68-64+. The Hall–Kier alpha value is -1.66. The van der Waals surface area contributed by atoms with Gasteiger partial charge in [-0.3, -0.25) is 9.59 Å². The van der Waals surface area contributed by atoms with Crippen LogP contribution >= 0.6 is 0 Å². The highest BCUT2D eigenvalue weighted by Gasteiger charge is 2.18. The number of allylic oxidation sites excluding steroid dienone is 3. The molecule has 0 saturated heterocycles. The number of aliphatic hydroxyl groups is 2. The fourth-order valence-corrected chi connectivity index (χ4v) is 12.0. The van der Waals surface area contributed by atoms with Gasteiger partial charge in [-0.25, -0.2) is 0 Å². The number of esters is 1. The number of unbranched alkanes of at least 4 members (excludes halogenated alkanes) is 58. The van der Waals surface area contributed by atoms with Crippen molar-refractivity contribution in [1.82, 2.24) is 5.32 Å². The first-order valence-electron chi connectivity index (χ1n) is 37.6. The van der Waals surface area contributed by atoms with E-state index in [-0.39, 0.29) is 18.5 Å². The molecule has 0 fully saturated rings. The molecule has 0 saturated carbocycles. The summed E-state index contributed by atoms with van der Waals surface area (Å²) in [5.74, 6) is -0.0467. The molecule has 0 aromatic heterocycles. The van der Waals surface area contributed by atoms with E-state index in [2.05, 4.69) is 31.3 Å². The number of carbonyl (C=O) groups is 2. The van der Waals surface area contributed by atoms with Crippen LogP contribution in [0.3, 0.4) is 0 Å². The predicted octanol–water partition coefficient (Wildman–Crippen LogP) is 24.5. The van der Waals surface area contributed by atoms with E-state index in [4.69, 9.17) is 4.74 Å². The molecular formula is C76H147NO5. The number of nitrogens with one attached hydrogen (secondary N) is 1. The van der Waals surface area contributed by atoms with Crippen LogP contribution in [-0.4, -0.2) is 47.4 Å². The molecule has 3 N–H and O–H groups in total. The second-order valence-corrected chi connectivity index (χ2v) is 26.0. The lowest BCUT2D eigenvalue weighted by atomic mass is 10.0. The Bertz CT molecular complexity index is 1280. The van der Waals surface area contributed by atoms with Crippen molar-refractivity contribution in [3.8, 4) is 0 Å². The molecule has 0 aliphatic carbocycles. The lowest BCUT2D eigenvalue weighted by Crippen LogP contribution is -2.45. The molecule has 0 aromatic rings. The third-order valence-corrected chi connectivity index (χ3v) is 17.7. The molecule has 0 radical (unpaired) electrons. The first-order chi connectivity index (χ1) is 40.5. The van der Waals surface area contributed by atoms with Crippen LogP contribution in [0.1, 0.15) is 425 Å². The summed E-state index contributed by atoms with van der Waals surface area (Å²) in [4.78, 5) is 24.5. The molecule has 0 aliphatic heterocycles. The number of ether oxygens (including phenoxy) is 1. The number of rotatable bonds is 71. The third kappa shape index (κ3) is 67.5. The lowest BCUT2D eigenvalue weighted by molar-refractivity contribution is -0.143. The molecule has 6 heteroatoms. The predicted molar refractivity (Wildman–Crippen MR) is 361 cm³/mol. The van der Waals surface area contributed by atoms with E-state index in [1.54, 1.807) is 6.08 Å². The number of amides is 1. The first kappa shape index (κ1) is 80.3. The first-order valence-corrected chi connectivity index (χ1v) is 37.6. The maximum atomic E-state index is 12.5. The van der Waals surface area contributed by atoms with Crippen molar-refractivity contribution >= 4 is 11.9 Å². The van der Waals surface area contributed by atoms with Crippen LogP contribution in [-0.2, 0) is 14.3 Å². The van der Waals surface area contributed by atoms with E-state index in [9.17, 15) is 19.8 Å². The van der Waals surface area contributed by atoms with Crippen molar-refractivity contribution in [2.24, 2.45) is 0 Å². The second kappa shape index (κ2) is 71.8. The average molecular weight is 1160 g/mol.